The van der Waals surface area contributed by atoms with Gasteiger partial charge in [-0.3, -0.25) is 0 Å². The highest BCUT2D eigenvalue weighted by Crippen LogP contribution is 2.21. The van der Waals surface area contributed by atoms with Crippen LogP contribution in [-0.4, -0.2) is 47.7 Å². The predicted octanol–water partition coefficient (Wildman–Crippen LogP) is 1.23. The molecule has 0 aromatic heterocycles. The van der Waals surface area contributed by atoms with Gasteiger partial charge in [-0.1, -0.05) is 23.7 Å². The molecule has 0 spiro atoms. The predicted molar refractivity (Wildman–Crippen MR) is 71.5 cm³/mol. The third-order valence-electron chi connectivity index (χ3n) is 2.90. The summed E-state index contributed by atoms with van der Waals surface area (Å²) in [4.78, 5) is 24.5. The number of para-hydroxylation sites is 1. The normalized spacial score (nSPS) is 19.0. The van der Waals surface area contributed by atoms with Crippen molar-refractivity contribution in [1.82, 2.24) is 10.2 Å². The van der Waals surface area contributed by atoms with E-state index in [9.17, 15) is 9.59 Å². The summed E-state index contributed by atoms with van der Waals surface area (Å²) < 4.78 is 0. The maximum absolute atomic E-state index is 12.1. The molecular formula is C12H14ClN3O3. The monoisotopic (exact) mass is 283 g/mol. The van der Waals surface area contributed by atoms with Crippen LogP contribution in [0, 0.1) is 0 Å². The molecule has 19 heavy (non-hydrogen) atoms. The molecule has 1 saturated heterocycles. The molecule has 1 atom stereocenters. The van der Waals surface area contributed by atoms with E-state index in [0.717, 1.165) is 0 Å². The van der Waals surface area contributed by atoms with Crippen molar-refractivity contribution < 1.29 is 14.7 Å². The van der Waals surface area contributed by atoms with Crippen LogP contribution in [0.3, 0.4) is 0 Å². The number of hydrogen-bond donors (Lipinski definition) is 3. The van der Waals surface area contributed by atoms with Gasteiger partial charge in [-0.2, -0.15) is 0 Å². The summed E-state index contributed by atoms with van der Waals surface area (Å²) in [6.45, 7) is 1.15. The van der Waals surface area contributed by atoms with Crippen molar-refractivity contribution in [2.45, 2.75) is 6.04 Å². The van der Waals surface area contributed by atoms with Crippen LogP contribution >= 0.6 is 11.6 Å². The van der Waals surface area contributed by atoms with Gasteiger partial charge in [0.25, 0.3) is 0 Å². The molecule has 2 rings (SSSR count). The van der Waals surface area contributed by atoms with Gasteiger partial charge in [0.05, 0.1) is 10.7 Å². The minimum Gasteiger partial charge on any atom is -0.480 e. The van der Waals surface area contributed by atoms with E-state index in [0.29, 0.717) is 23.8 Å². The Morgan fingerprint density at radius 1 is 1.42 bits per heavy atom. The van der Waals surface area contributed by atoms with Crippen LogP contribution in [-0.2, 0) is 4.79 Å². The van der Waals surface area contributed by atoms with E-state index in [1.807, 2.05) is 0 Å². The number of benzene rings is 1. The van der Waals surface area contributed by atoms with Gasteiger partial charge in [-0.25, -0.2) is 9.59 Å². The zero-order valence-electron chi connectivity index (χ0n) is 10.1. The molecular weight excluding hydrogens is 270 g/mol. The van der Waals surface area contributed by atoms with Crippen LogP contribution in [0.2, 0.25) is 5.02 Å². The number of carbonyl (C=O) groups is 2. The third kappa shape index (κ3) is 3.15. The number of piperazine rings is 1. The lowest BCUT2D eigenvalue weighted by molar-refractivity contribution is -0.142. The van der Waals surface area contributed by atoms with Gasteiger partial charge >= 0.3 is 12.0 Å². The Morgan fingerprint density at radius 3 is 2.84 bits per heavy atom. The number of nitrogens with one attached hydrogen (secondary N) is 2. The number of amides is 2. The van der Waals surface area contributed by atoms with Gasteiger partial charge in [0.1, 0.15) is 6.04 Å². The average molecular weight is 284 g/mol. The number of aliphatic carboxylic acids is 1. The summed E-state index contributed by atoms with van der Waals surface area (Å²) in [7, 11) is 0. The van der Waals surface area contributed by atoms with Gasteiger partial charge < -0.3 is 20.6 Å². The van der Waals surface area contributed by atoms with Crippen molar-refractivity contribution in [2.75, 3.05) is 25.0 Å². The molecule has 1 aromatic carbocycles. The highest BCUT2D eigenvalue weighted by molar-refractivity contribution is 6.33. The van der Waals surface area contributed by atoms with E-state index in [1.54, 1.807) is 24.3 Å². The summed E-state index contributed by atoms with van der Waals surface area (Å²) >= 11 is 5.94. The fourth-order valence-electron chi connectivity index (χ4n) is 1.92. The molecule has 1 aliphatic rings. The second-order valence-electron chi connectivity index (χ2n) is 4.16. The second kappa shape index (κ2) is 5.90. The molecule has 1 aliphatic heterocycles. The Hall–Kier alpha value is -1.79. The lowest BCUT2D eigenvalue weighted by Gasteiger charge is -2.33. The van der Waals surface area contributed by atoms with Crippen molar-refractivity contribution in [3.05, 3.63) is 29.3 Å². The molecule has 1 heterocycles. The number of carbonyl (C=O) groups excluding carboxylic acids is 1. The smallest absolute Gasteiger partial charge is 0.327 e. The van der Waals surface area contributed by atoms with Crippen LogP contribution in [0.25, 0.3) is 0 Å². The molecule has 0 aliphatic carbocycles. The molecule has 2 amide bonds. The van der Waals surface area contributed by atoms with E-state index in [-0.39, 0.29) is 6.54 Å². The summed E-state index contributed by atoms with van der Waals surface area (Å²) in [6, 6.07) is 5.50. The first-order valence-corrected chi connectivity index (χ1v) is 6.23. The summed E-state index contributed by atoms with van der Waals surface area (Å²) in [5.74, 6) is -1.03. The molecule has 7 heteroatoms. The quantitative estimate of drug-likeness (QED) is 0.762. The van der Waals surface area contributed by atoms with Gasteiger partial charge in [-0.05, 0) is 12.1 Å². The molecule has 0 radical (unpaired) electrons. The van der Waals surface area contributed by atoms with Crippen LogP contribution in [0.1, 0.15) is 0 Å². The number of carboxylic acid groups (broad SMARTS) is 1. The van der Waals surface area contributed by atoms with Crippen molar-refractivity contribution >= 4 is 29.3 Å². The minimum atomic E-state index is -1.03. The van der Waals surface area contributed by atoms with Crippen LogP contribution in [0.4, 0.5) is 10.5 Å². The molecule has 6 nitrogen and oxygen atoms in total. The zero-order valence-corrected chi connectivity index (χ0v) is 10.9. The first-order chi connectivity index (χ1) is 9.09. The Bertz CT molecular complexity index is 495. The fourth-order valence-corrected chi connectivity index (χ4v) is 2.10. The Morgan fingerprint density at radius 2 is 2.16 bits per heavy atom. The molecule has 1 aromatic rings. The summed E-state index contributed by atoms with van der Waals surface area (Å²) in [5, 5.41) is 15.1. The lowest BCUT2D eigenvalue weighted by atomic mass is 10.2. The maximum Gasteiger partial charge on any atom is 0.327 e. The summed E-state index contributed by atoms with van der Waals surface area (Å²) in [5.41, 5.74) is 0.469. The number of carboxylic acids is 1. The molecule has 102 valence electrons. The Kier molecular flexibility index (Phi) is 4.24. The molecule has 0 saturated carbocycles. The Balaban J connectivity index is 2.10. The number of anilines is 1. The fraction of sp³-hybridized carbons (Fsp3) is 0.333. The van der Waals surface area contributed by atoms with Gasteiger partial charge in [0.2, 0.25) is 0 Å². The lowest BCUT2D eigenvalue weighted by Crippen LogP contribution is -2.58. The number of urea groups is 1. The largest absolute Gasteiger partial charge is 0.480 e. The van der Waals surface area contributed by atoms with E-state index in [1.165, 1.54) is 4.90 Å². The molecule has 3 N–H and O–H groups in total. The van der Waals surface area contributed by atoms with Crippen LogP contribution in [0.15, 0.2) is 24.3 Å². The Labute approximate surface area is 115 Å². The molecule has 1 fully saturated rings. The highest BCUT2D eigenvalue weighted by Gasteiger charge is 2.32. The van der Waals surface area contributed by atoms with Crippen LogP contribution in [0.5, 0.6) is 0 Å². The standard InChI is InChI=1S/C12H14ClN3O3/c13-8-3-1-2-4-9(8)15-12(19)16-6-5-14-7-10(16)11(17)18/h1-4,10,14H,5-7H2,(H,15,19)(H,17,18). The van der Waals surface area contributed by atoms with Gasteiger partial charge in [0.15, 0.2) is 0 Å². The topological polar surface area (TPSA) is 81.7 Å². The number of rotatable bonds is 2. The third-order valence-corrected chi connectivity index (χ3v) is 3.23. The molecule has 0 bridgehead atoms. The second-order valence-corrected chi connectivity index (χ2v) is 4.57. The maximum atomic E-state index is 12.1. The first kappa shape index (κ1) is 13.6. The summed E-state index contributed by atoms with van der Waals surface area (Å²) in [6.07, 6.45) is 0. The van der Waals surface area contributed by atoms with E-state index < -0.39 is 18.0 Å². The van der Waals surface area contributed by atoms with Gasteiger partial charge in [0, 0.05) is 19.6 Å². The van der Waals surface area contributed by atoms with E-state index >= 15 is 0 Å². The average Bonchev–Trinajstić information content (AvgIpc) is 2.41. The first-order valence-electron chi connectivity index (χ1n) is 5.85. The number of nitrogens with zero attached hydrogens (tertiary/aromatic N) is 1. The number of halogens is 1. The van der Waals surface area contributed by atoms with E-state index in [4.69, 9.17) is 16.7 Å². The minimum absolute atomic E-state index is 0.241. The zero-order chi connectivity index (χ0) is 13.8. The SMILES string of the molecule is O=C(O)C1CNCCN1C(=O)Nc1ccccc1Cl. The van der Waals surface area contributed by atoms with Crippen LogP contribution < -0.4 is 10.6 Å². The van der Waals surface area contributed by atoms with E-state index in [2.05, 4.69) is 10.6 Å². The van der Waals surface area contributed by atoms with Crippen molar-refractivity contribution in [1.29, 1.82) is 0 Å². The van der Waals surface area contributed by atoms with Gasteiger partial charge in [-0.15, -0.1) is 0 Å². The molecule has 1 unspecified atom stereocenters. The van der Waals surface area contributed by atoms with Crippen molar-refractivity contribution in [3.8, 4) is 0 Å². The highest BCUT2D eigenvalue weighted by atomic mass is 35.5. The van der Waals surface area contributed by atoms with Crippen molar-refractivity contribution in [3.63, 3.8) is 0 Å². The number of hydrogen-bond acceptors (Lipinski definition) is 3. The van der Waals surface area contributed by atoms with Crippen molar-refractivity contribution in [2.24, 2.45) is 0 Å².